The molecule has 0 saturated heterocycles. The zero-order valence-electron chi connectivity index (χ0n) is 10.9. The van der Waals surface area contributed by atoms with E-state index in [0.717, 1.165) is 37.4 Å². The molecule has 0 aliphatic heterocycles. The van der Waals surface area contributed by atoms with Crippen LogP contribution in [0.5, 0.6) is 0 Å². The van der Waals surface area contributed by atoms with Crippen LogP contribution in [0.3, 0.4) is 0 Å². The quantitative estimate of drug-likeness (QED) is 0.553. The maximum Gasteiger partial charge on any atom is 0.137 e. The summed E-state index contributed by atoms with van der Waals surface area (Å²) < 4.78 is 10.3. The van der Waals surface area contributed by atoms with Crippen molar-refractivity contribution < 1.29 is 9.47 Å². The van der Waals surface area contributed by atoms with E-state index in [9.17, 15) is 0 Å². The summed E-state index contributed by atoms with van der Waals surface area (Å²) in [5.74, 6) is 0.801. The van der Waals surface area contributed by atoms with Crippen LogP contribution >= 0.6 is 11.6 Å². The van der Waals surface area contributed by atoms with Crippen molar-refractivity contribution in [3.63, 3.8) is 0 Å². The first-order chi connectivity index (χ1) is 8.75. The number of anilines is 1. The molecule has 0 radical (unpaired) electrons. The highest BCUT2D eigenvalue weighted by Gasteiger charge is 2.03. The molecule has 18 heavy (non-hydrogen) atoms. The van der Waals surface area contributed by atoms with Crippen LogP contribution in [0.1, 0.15) is 18.4 Å². The van der Waals surface area contributed by atoms with Gasteiger partial charge in [0, 0.05) is 25.8 Å². The normalized spacial score (nSPS) is 10.6. The van der Waals surface area contributed by atoms with E-state index in [1.807, 2.05) is 6.92 Å². The van der Waals surface area contributed by atoms with Gasteiger partial charge in [-0.25, -0.2) is 9.97 Å². The third-order valence-corrected chi connectivity index (χ3v) is 2.84. The molecule has 0 unspecified atom stereocenters. The zero-order chi connectivity index (χ0) is 13.2. The van der Waals surface area contributed by atoms with Crippen LogP contribution in [-0.2, 0) is 9.47 Å². The second kappa shape index (κ2) is 9.08. The molecule has 1 N–H and O–H groups in total. The molecule has 0 aromatic carbocycles. The van der Waals surface area contributed by atoms with E-state index in [0.29, 0.717) is 18.4 Å². The fraction of sp³-hybridized carbons (Fsp3) is 0.667. The van der Waals surface area contributed by atoms with Gasteiger partial charge in [0.25, 0.3) is 0 Å². The first-order valence-electron chi connectivity index (χ1n) is 6.03. The van der Waals surface area contributed by atoms with Crippen molar-refractivity contribution in [2.45, 2.75) is 19.8 Å². The predicted octanol–water partition coefficient (Wildman–Crippen LogP) is 2.29. The van der Waals surface area contributed by atoms with Gasteiger partial charge in [0.2, 0.25) is 0 Å². The van der Waals surface area contributed by atoms with E-state index in [4.69, 9.17) is 21.1 Å². The average Bonchev–Trinajstić information content (AvgIpc) is 2.37. The highest BCUT2D eigenvalue weighted by atomic mass is 35.5. The summed E-state index contributed by atoms with van der Waals surface area (Å²) in [7, 11) is 1.67. The van der Waals surface area contributed by atoms with E-state index in [1.165, 1.54) is 6.33 Å². The molecule has 0 spiro atoms. The van der Waals surface area contributed by atoms with Crippen LogP contribution in [-0.4, -0.2) is 43.4 Å². The molecule has 0 aliphatic carbocycles. The molecule has 0 fully saturated rings. The second-order valence-electron chi connectivity index (χ2n) is 3.88. The SMILES string of the molecule is COCCOCCCCNc1ncnc(Cl)c1C. The maximum atomic E-state index is 5.90. The van der Waals surface area contributed by atoms with Gasteiger partial charge in [-0.3, -0.25) is 0 Å². The Kier molecular flexibility index (Phi) is 7.64. The van der Waals surface area contributed by atoms with Gasteiger partial charge in [-0.1, -0.05) is 11.6 Å². The largest absolute Gasteiger partial charge is 0.382 e. The Balaban J connectivity index is 2.09. The minimum atomic E-state index is 0.496. The van der Waals surface area contributed by atoms with Gasteiger partial charge < -0.3 is 14.8 Å². The predicted molar refractivity (Wildman–Crippen MR) is 72.2 cm³/mol. The smallest absolute Gasteiger partial charge is 0.137 e. The Morgan fingerprint density at radius 2 is 2.06 bits per heavy atom. The van der Waals surface area contributed by atoms with Gasteiger partial charge in [-0.15, -0.1) is 0 Å². The van der Waals surface area contributed by atoms with Crippen LogP contribution in [0.4, 0.5) is 5.82 Å². The van der Waals surface area contributed by atoms with Crippen molar-refractivity contribution >= 4 is 17.4 Å². The lowest BCUT2D eigenvalue weighted by Crippen LogP contribution is -2.08. The summed E-state index contributed by atoms with van der Waals surface area (Å²) in [6.45, 7) is 4.82. The Morgan fingerprint density at radius 3 is 2.83 bits per heavy atom. The lowest BCUT2D eigenvalue weighted by molar-refractivity contribution is 0.0691. The zero-order valence-corrected chi connectivity index (χ0v) is 11.7. The van der Waals surface area contributed by atoms with Crippen molar-refractivity contribution in [2.75, 3.05) is 38.8 Å². The van der Waals surface area contributed by atoms with Gasteiger partial charge >= 0.3 is 0 Å². The minimum absolute atomic E-state index is 0.496. The van der Waals surface area contributed by atoms with Crippen molar-refractivity contribution in [2.24, 2.45) is 0 Å². The second-order valence-corrected chi connectivity index (χ2v) is 4.24. The summed E-state index contributed by atoms with van der Waals surface area (Å²) in [5.41, 5.74) is 0.885. The summed E-state index contributed by atoms with van der Waals surface area (Å²) in [4.78, 5) is 8.05. The van der Waals surface area contributed by atoms with Gasteiger partial charge in [-0.2, -0.15) is 0 Å². The van der Waals surface area contributed by atoms with E-state index < -0.39 is 0 Å². The number of aromatic nitrogens is 2. The van der Waals surface area contributed by atoms with Gasteiger partial charge in [0.1, 0.15) is 17.3 Å². The maximum absolute atomic E-state index is 5.90. The first-order valence-corrected chi connectivity index (χ1v) is 6.41. The fourth-order valence-corrected chi connectivity index (χ4v) is 1.52. The third-order valence-electron chi connectivity index (χ3n) is 2.46. The molecule has 0 saturated carbocycles. The molecule has 0 aliphatic rings. The average molecular weight is 274 g/mol. The van der Waals surface area contributed by atoms with Crippen molar-refractivity contribution in [3.05, 3.63) is 17.0 Å². The summed E-state index contributed by atoms with van der Waals surface area (Å²) in [6.07, 6.45) is 3.49. The van der Waals surface area contributed by atoms with Crippen LogP contribution in [0.15, 0.2) is 6.33 Å². The van der Waals surface area contributed by atoms with Crippen LogP contribution < -0.4 is 5.32 Å². The number of rotatable bonds is 9. The number of nitrogens with one attached hydrogen (secondary N) is 1. The van der Waals surface area contributed by atoms with Gasteiger partial charge in [0.05, 0.1) is 13.2 Å². The van der Waals surface area contributed by atoms with Crippen molar-refractivity contribution in [1.29, 1.82) is 0 Å². The number of nitrogens with zero attached hydrogens (tertiary/aromatic N) is 2. The molecule has 5 nitrogen and oxygen atoms in total. The Labute approximate surface area is 113 Å². The molecule has 102 valence electrons. The first kappa shape index (κ1) is 15.1. The minimum Gasteiger partial charge on any atom is -0.382 e. The topological polar surface area (TPSA) is 56.3 Å². The van der Waals surface area contributed by atoms with Gasteiger partial charge in [-0.05, 0) is 19.8 Å². The molecular weight excluding hydrogens is 254 g/mol. The number of unbranched alkanes of at least 4 members (excludes halogenated alkanes) is 1. The molecule has 6 heteroatoms. The lowest BCUT2D eigenvalue weighted by atomic mass is 10.3. The third kappa shape index (κ3) is 5.62. The number of ether oxygens (including phenoxy) is 2. The van der Waals surface area contributed by atoms with Crippen LogP contribution in [0.2, 0.25) is 5.15 Å². The van der Waals surface area contributed by atoms with Gasteiger partial charge in [0.15, 0.2) is 0 Å². The van der Waals surface area contributed by atoms with Crippen LogP contribution in [0.25, 0.3) is 0 Å². The van der Waals surface area contributed by atoms with Crippen molar-refractivity contribution in [1.82, 2.24) is 9.97 Å². The fourth-order valence-electron chi connectivity index (χ4n) is 1.39. The standard InChI is InChI=1S/C12H20ClN3O2/c1-10-11(13)15-9-16-12(10)14-5-3-4-6-18-8-7-17-2/h9H,3-8H2,1-2H3,(H,14,15,16). The Hall–Kier alpha value is -0.910. The molecule has 1 heterocycles. The molecule has 0 atom stereocenters. The molecular formula is C12H20ClN3O2. The number of hydrogen-bond acceptors (Lipinski definition) is 5. The van der Waals surface area contributed by atoms with E-state index in [-0.39, 0.29) is 0 Å². The Morgan fingerprint density at radius 1 is 1.22 bits per heavy atom. The van der Waals surface area contributed by atoms with E-state index >= 15 is 0 Å². The monoisotopic (exact) mass is 273 g/mol. The molecule has 1 aromatic rings. The summed E-state index contributed by atoms with van der Waals surface area (Å²) >= 11 is 5.90. The molecule has 1 aromatic heterocycles. The lowest BCUT2D eigenvalue weighted by Gasteiger charge is -2.08. The van der Waals surface area contributed by atoms with Crippen molar-refractivity contribution in [3.8, 4) is 0 Å². The molecule has 0 amide bonds. The Bertz CT molecular complexity index is 350. The molecule has 0 bridgehead atoms. The van der Waals surface area contributed by atoms with E-state index in [2.05, 4.69) is 15.3 Å². The molecule has 1 rings (SSSR count). The number of halogens is 1. The highest BCUT2D eigenvalue weighted by molar-refractivity contribution is 6.30. The summed E-state index contributed by atoms with van der Waals surface area (Å²) in [5, 5.41) is 3.74. The number of methoxy groups -OCH3 is 1. The number of hydrogen-bond donors (Lipinski definition) is 1. The summed E-state index contributed by atoms with van der Waals surface area (Å²) in [6, 6.07) is 0. The highest BCUT2D eigenvalue weighted by Crippen LogP contribution is 2.17. The van der Waals surface area contributed by atoms with Crippen LogP contribution in [0, 0.1) is 6.92 Å². The van der Waals surface area contributed by atoms with E-state index in [1.54, 1.807) is 7.11 Å².